The maximum absolute atomic E-state index is 3.69. The predicted molar refractivity (Wildman–Crippen MR) is 465 cm³/mol. The Bertz CT molecular complexity index is 6850. The zero-order valence-electron chi connectivity index (χ0n) is 58.3. The number of thiophene rings is 2. The van der Waals surface area contributed by atoms with Gasteiger partial charge in [0.1, 0.15) is 0 Å². The number of hydrogen-bond acceptors (Lipinski definition) is 3. The molecule has 0 saturated carbocycles. The van der Waals surface area contributed by atoms with E-state index in [9.17, 15) is 0 Å². The third-order valence-electron chi connectivity index (χ3n) is 20.8. The van der Waals surface area contributed by atoms with Crippen LogP contribution in [0.2, 0.25) is 0 Å². The molecule has 0 saturated heterocycles. The lowest BCUT2D eigenvalue weighted by Gasteiger charge is -2.28. The molecule has 21 rings (SSSR count). The van der Waals surface area contributed by atoms with Crippen LogP contribution in [-0.2, 0) is 6.42 Å². The lowest BCUT2D eigenvalue weighted by atomic mass is 9.99. The maximum Gasteiger partial charge on any atom is 0.0547 e. The van der Waals surface area contributed by atoms with Gasteiger partial charge in [0, 0.05) is 94.4 Å². The number of aromatic nitrogens is 2. The highest BCUT2D eigenvalue weighted by Crippen LogP contribution is 2.47. The molecule has 0 amide bonds. The highest BCUT2D eigenvalue weighted by molar-refractivity contribution is 9.10. The van der Waals surface area contributed by atoms with Gasteiger partial charge in [-0.2, -0.15) is 0 Å². The molecule has 4 aromatic heterocycles. The van der Waals surface area contributed by atoms with Gasteiger partial charge in [-0.3, -0.25) is 0 Å². The summed E-state index contributed by atoms with van der Waals surface area (Å²) in [6.07, 6.45) is 0.971. The van der Waals surface area contributed by atoms with Crippen LogP contribution >= 0.6 is 38.6 Å². The summed E-state index contributed by atoms with van der Waals surface area (Å²) in [5.41, 5.74) is 23.0. The van der Waals surface area contributed by atoms with E-state index in [4.69, 9.17) is 0 Å². The number of halogens is 1. The van der Waals surface area contributed by atoms with Crippen molar-refractivity contribution in [1.29, 1.82) is 0 Å². The lowest BCUT2D eigenvalue weighted by molar-refractivity contribution is 1.18. The van der Waals surface area contributed by atoms with Crippen molar-refractivity contribution in [2.75, 3.05) is 4.90 Å². The Kier molecular flexibility index (Phi) is 17.3. The fourth-order valence-corrected chi connectivity index (χ4v) is 18.5. The van der Waals surface area contributed by atoms with Gasteiger partial charge in [0.2, 0.25) is 0 Å². The second-order valence-corrected chi connectivity index (χ2v) is 30.2. The summed E-state index contributed by atoms with van der Waals surface area (Å²) in [6.45, 7) is 0. The van der Waals surface area contributed by atoms with Gasteiger partial charge in [0.25, 0.3) is 0 Å². The smallest absolute Gasteiger partial charge is 0.0547 e. The third kappa shape index (κ3) is 12.4. The van der Waals surface area contributed by atoms with Crippen molar-refractivity contribution in [2.24, 2.45) is 0 Å². The fraction of sp³-hybridized carbons (Fsp3) is 0.00990. The van der Waals surface area contributed by atoms with Gasteiger partial charge in [-0.05, 0) is 159 Å². The van der Waals surface area contributed by atoms with Crippen LogP contribution in [0, 0.1) is 0 Å². The van der Waals surface area contributed by atoms with Crippen LogP contribution in [0.1, 0.15) is 11.1 Å². The maximum atomic E-state index is 3.69. The lowest BCUT2D eigenvalue weighted by Crippen LogP contribution is -2.11. The van der Waals surface area contributed by atoms with Gasteiger partial charge in [0.05, 0.1) is 33.4 Å². The molecule has 0 unspecified atom stereocenters. The van der Waals surface area contributed by atoms with E-state index >= 15 is 0 Å². The summed E-state index contributed by atoms with van der Waals surface area (Å²) in [7, 11) is 0. The molecule has 21 aromatic rings. The van der Waals surface area contributed by atoms with Gasteiger partial charge >= 0.3 is 0 Å². The molecule has 6 heteroatoms. The Morgan fingerprint density at radius 3 is 1.32 bits per heavy atom. The number of benzene rings is 17. The first-order valence-corrected chi connectivity index (χ1v) is 38.8. The van der Waals surface area contributed by atoms with Crippen molar-refractivity contribution in [3.05, 3.63) is 416 Å². The van der Waals surface area contributed by atoms with Crippen molar-refractivity contribution in [3.8, 4) is 55.9 Å². The van der Waals surface area contributed by atoms with Crippen molar-refractivity contribution >= 4 is 150 Å². The summed E-state index contributed by atoms with van der Waals surface area (Å²) < 4.78 is 11.3. The standard InChI is InChI=1S/C52H34N2S.C25H18S.C24H16BrN/c1-2-13-35(14-3-1)36-25-28-39(29-26-36)53(40-30-32-46-45-20-8-11-24-51(45)55-52(46)34-40)47-21-9-6-18-42(47)38-27-31-44-43-19-7-10-22-49(43)54(50(44)33-38)48-23-12-16-37-15-4-5-17-41(37)48;1-2-6-20(7-3-1)21-13-10-18(11-14-21)16-19-12-15-23-22-8-4-5-9-24(22)26-25(23)17-19;25-22-12-6-4-10-19(22)17-14-15-21-20-11-5-7-13-23(20)26(24(21)16-17)18-8-2-1-3-9-18/h1-34H;1-15,17H,16H2;1-16H. The van der Waals surface area contributed by atoms with E-state index in [2.05, 4.69) is 424 Å². The minimum Gasteiger partial charge on any atom is -0.310 e. The zero-order valence-corrected chi connectivity index (χ0v) is 61.6. The number of anilines is 3. The zero-order chi connectivity index (χ0) is 71.2. The van der Waals surface area contributed by atoms with Crippen LogP contribution in [0.15, 0.2) is 405 Å². The van der Waals surface area contributed by atoms with Crippen LogP contribution < -0.4 is 4.90 Å². The molecule has 0 atom stereocenters. The molecule has 107 heavy (non-hydrogen) atoms. The molecule has 17 aromatic carbocycles. The highest BCUT2D eigenvalue weighted by Gasteiger charge is 2.22. The van der Waals surface area contributed by atoms with Crippen LogP contribution in [-0.4, -0.2) is 9.13 Å². The molecule has 0 fully saturated rings. The van der Waals surface area contributed by atoms with Crippen molar-refractivity contribution in [1.82, 2.24) is 9.13 Å². The Hall–Kier alpha value is -12.7. The van der Waals surface area contributed by atoms with Gasteiger partial charge < -0.3 is 14.0 Å². The molecule has 0 N–H and O–H groups in total. The number of rotatable bonds is 11. The minimum absolute atomic E-state index is 0.971. The number of hydrogen-bond donors (Lipinski definition) is 0. The van der Waals surface area contributed by atoms with Gasteiger partial charge in [-0.15, -0.1) is 22.7 Å². The number of fused-ring (bicyclic) bond motifs is 13. The first-order chi connectivity index (χ1) is 53.0. The molecule has 3 nitrogen and oxygen atoms in total. The van der Waals surface area contributed by atoms with Crippen LogP contribution in [0.4, 0.5) is 17.1 Å². The molecular weight excluding hydrogens is 1400 g/mol. The minimum atomic E-state index is 0.971. The van der Waals surface area contributed by atoms with Crippen LogP contribution in [0.3, 0.4) is 0 Å². The Morgan fingerprint density at radius 2 is 0.673 bits per heavy atom. The van der Waals surface area contributed by atoms with Gasteiger partial charge in [-0.1, -0.05) is 319 Å². The quantitative estimate of drug-likeness (QED) is 0.126. The van der Waals surface area contributed by atoms with Crippen molar-refractivity contribution < 1.29 is 0 Å². The molecule has 0 aliphatic carbocycles. The normalized spacial score (nSPS) is 11.4. The third-order valence-corrected chi connectivity index (χ3v) is 23.7. The number of nitrogens with zero attached hydrogens (tertiary/aromatic N) is 3. The molecule has 4 heterocycles. The second-order valence-electron chi connectivity index (χ2n) is 27.2. The molecule has 0 spiro atoms. The van der Waals surface area contributed by atoms with Gasteiger partial charge in [-0.25, -0.2) is 0 Å². The summed E-state index contributed by atoms with van der Waals surface area (Å²) in [4.78, 5) is 2.43. The summed E-state index contributed by atoms with van der Waals surface area (Å²) >= 11 is 7.43. The predicted octanol–water partition coefficient (Wildman–Crippen LogP) is 29.6. The molecule has 0 bridgehead atoms. The van der Waals surface area contributed by atoms with Gasteiger partial charge in [0.15, 0.2) is 0 Å². The second kappa shape index (κ2) is 28.4. The van der Waals surface area contributed by atoms with Crippen molar-refractivity contribution in [2.45, 2.75) is 6.42 Å². The molecule has 0 aliphatic heterocycles. The average Bonchev–Trinajstić information content (AvgIpc) is 1.59. The summed E-state index contributed by atoms with van der Waals surface area (Å²) in [5.74, 6) is 0. The highest BCUT2D eigenvalue weighted by atomic mass is 79.9. The summed E-state index contributed by atoms with van der Waals surface area (Å²) in [5, 5.41) is 12.9. The monoisotopic (exact) mass is 1470 g/mol. The van der Waals surface area contributed by atoms with Crippen LogP contribution in [0.25, 0.3) is 151 Å². The molecular formula is C101H68BrN3S2. The van der Waals surface area contributed by atoms with E-state index in [1.54, 1.807) is 0 Å². The largest absolute Gasteiger partial charge is 0.310 e. The molecule has 506 valence electrons. The Labute approximate surface area is 637 Å². The number of para-hydroxylation sites is 4. The van der Waals surface area contributed by atoms with E-state index in [0.717, 1.165) is 28.0 Å². The Morgan fingerprint density at radius 1 is 0.252 bits per heavy atom. The first kappa shape index (κ1) is 65.1. The van der Waals surface area contributed by atoms with E-state index in [0.29, 0.717) is 0 Å². The topological polar surface area (TPSA) is 13.1 Å². The molecule has 0 radical (unpaired) electrons. The van der Waals surface area contributed by atoms with E-state index in [1.807, 2.05) is 28.7 Å². The SMILES string of the molecule is Brc1ccccc1-c1ccc2c3ccccc3n(-c3ccccc3)c2c1.c1ccc(-c2ccc(Cc3ccc4c(c3)sc3ccccc34)cc2)cc1.c1ccc(-c2ccc(N(c3ccc4c(c3)sc3ccccc34)c3ccccc3-c3ccc4c5ccccc5n(-c5cccc6ccccc56)c4c3)cc2)cc1. The summed E-state index contributed by atoms with van der Waals surface area (Å²) in [6, 6.07) is 145. The van der Waals surface area contributed by atoms with E-state index in [-0.39, 0.29) is 0 Å². The Balaban J connectivity index is 0.000000124. The average molecular weight is 1470 g/mol. The van der Waals surface area contributed by atoms with Crippen LogP contribution in [0.5, 0.6) is 0 Å². The van der Waals surface area contributed by atoms with Crippen molar-refractivity contribution in [3.63, 3.8) is 0 Å². The van der Waals surface area contributed by atoms with E-state index in [1.165, 1.54) is 162 Å². The first-order valence-electron chi connectivity index (χ1n) is 36.3. The molecule has 0 aliphatic rings. The fourth-order valence-electron chi connectivity index (χ4n) is 15.7. The van der Waals surface area contributed by atoms with E-state index < -0.39 is 0 Å².